The summed E-state index contributed by atoms with van der Waals surface area (Å²) in [5.74, 6) is -0.154. The normalized spacial score (nSPS) is 22.6. The average Bonchev–Trinajstić information content (AvgIpc) is 3.18. The Morgan fingerprint density at radius 1 is 1.20 bits per heavy atom. The summed E-state index contributed by atoms with van der Waals surface area (Å²) < 4.78 is 28.6. The average molecular weight is 361 g/mol. The van der Waals surface area contributed by atoms with Crippen LogP contribution in [-0.4, -0.2) is 56.1 Å². The molecule has 8 heteroatoms. The smallest absolute Gasteiger partial charge is 0.298 e. The van der Waals surface area contributed by atoms with Crippen LogP contribution in [0.3, 0.4) is 0 Å². The molecule has 1 aromatic heterocycles. The van der Waals surface area contributed by atoms with Gasteiger partial charge in [0.1, 0.15) is 5.52 Å². The maximum Gasteiger partial charge on any atom is 0.298 e. The van der Waals surface area contributed by atoms with E-state index in [4.69, 9.17) is 4.42 Å². The number of carbonyl (C=O) groups excluding carboxylic acids is 1. The summed E-state index contributed by atoms with van der Waals surface area (Å²) in [6.07, 6.45) is 1.88. The Hall–Kier alpha value is -2.35. The molecule has 0 spiro atoms. The van der Waals surface area contributed by atoms with Crippen LogP contribution in [0.4, 0.5) is 6.01 Å². The van der Waals surface area contributed by atoms with Crippen LogP contribution >= 0.6 is 0 Å². The second kappa shape index (κ2) is 6.18. The first kappa shape index (κ1) is 16.1. The molecule has 1 aromatic carbocycles. The van der Waals surface area contributed by atoms with E-state index in [2.05, 4.69) is 4.98 Å². The lowest BCUT2D eigenvalue weighted by Crippen LogP contribution is -2.49. The van der Waals surface area contributed by atoms with Crippen LogP contribution < -0.4 is 4.90 Å². The van der Waals surface area contributed by atoms with Gasteiger partial charge in [-0.2, -0.15) is 4.98 Å². The highest BCUT2D eigenvalue weighted by Crippen LogP contribution is 2.23. The number of anilines is 1. The van der Waals surface area contributed by atoms with E-state index in [1.54, 1.807) is 11.0 Å². The highest BCUT2D eigenvalue weighted by Gasteiger charge is 2.28. The van der Waals surface area contributed by atoms with Gasteiger partial charge in [0.15, 0.2) is 15.4 Å². The second-order valence-electron chi connectivity index (χ2n) is 6.45. The Morgan fingerprint density at radius 2 is 1.96 bits per heavy atom. The molecule has 4 rings (SSSR count). The molecule has 0 aliphatic carbocycles. The lowest BCUT2D eigenvalue weighted by Gasteiger charge is -2.34. The predicted molar refractivity (Wildman–Crippen MR) is 93.8 cm³/mol. The van der Waals surface area contributed by atoms with E-state index in [0.717, 1.165) is 11.1 Å². The maximum absolute atomic E-state index is 12.4. The SMILES string of the molecule is O=C(C[C@H]1C=CS(=O)(=O)C1)N1CCN(c2nc3ccccc3o2)CC1. The van der Waals surface area contributed by atoms with E-state index in [0.29, 0.717) is 32.2 Å². The van der Waals surface area contributed by atoms with E-state index in [9.17, 15) is 13.2 Å². The number of benzene rings is 1. The Morgan fingerprint density at radius 3 is 2.64 bits per heavy atom. The first-order chi connectivity index (χ1) is 12.0. The van der Waals surface area contributed by atoms with Crippen LogP contribution in [0, 0.1) is 5.92 Å². The molecule has 2 aromatic rings. The van der Waals surface area contributed by atoms with Gasteiger partial charge in [-0.25, -0.2) is 8.42 Å². The Labute approximate surface area is 145 Å². The van der Waals surface area contributed by atoms with Gasteiger partial charge in [-0.05, 0) is 12.1 Å². The summed E-state index contributed by atoms with van der Waals surface area (Å²) >= 11 is 0. The van der Waals surface area contributed by atoms with Crippen LogP contribution in [0.25, 0.3) is 11.1 Å². The molecule has 0 saturated carbocycles. The van der Waals surface area contributed by atoms with Gasteiger partial charge in [-0.1, -0.05) is 18.2 Å². The van der Waals surface area contributed by atoms with Gasteiger partial charge in [0, 0.05) is 43.9 Å². The number of para-hydroxylation sites is 2. The highest BCUT2D eigenvalue weighted by atomic mass is 32.2. The molecule has 0 unspecified atom stereocenters. The number of sulfone groups is 1. The number of piperazine rings is 1. The molecule has 0 radical (unpaired) electrons. The molecule has 1 fully saturated rings. The van der Waals surface area contributed by atoms with Crippen LogP contribution in [0.15, 0.2) is 40.2 Å². The molecule has 0 N–H and O–H groups in total. The Bertz CT molecular complexity index is 893. The van der Waals surface area contributed by atoms with Crippen LogP contribution in [0.5, 0.6) is 0 Å². The Kier molecular flexibility index (Phi) is 3.99. The molecule has 1 atom stereocenters. The zero-order valence-corrected chi connectivity index (χ0v) is 14.5. The summed E-state index contributed by atoms with van der Waals surface area (Å²) in [5, 5.41) is 1.22. The lowest BCUT2D eigenvalue weighted by molar-refractivity contribution is -0.132. The quantitative estimate of drug-likeness (QED) is 0.822. The van der Waals surface area contributed by atoms with Crippen molar-refractivity contribution in [1.82, 2.24) is 9.88 Å². The fourth-order valence-corrected chi connectivity index (χ4v) is 4.66. The van der Waals surface area contributed by atoms with Crippen molar-refractivity contribution in [2.24, 2.45) is 5.92 Å². The van der Waals surface area contributed by atoms with Crippen molar-refractivity contribution in [2.75, 3.05) is 36.8 Å². The molecule has 0 bridgehead atoms. The number of fused-ring (bicyclic) bond motifs is 1. The molecule has 7 nitrogen and oxygen atoms in total. The van der Waals surface area contributed by atoms with E-state index in [1.165, 1.54) is 5.41 Å². The fourth-order valence-electron chi connectivity index (χ4n) is 3.26. The monoisotopic (exact) mass is 361 g/mol. The summed E-state index contributed by atoms with van der Waals surface area (Å²) in [6.45, 7) is 2.47. The number of amides is 1. The number of oxazole rings is 1. The van der Waals surface area contributed by atoms with E-state index < -0.39 is 9.84 Å². The summed E-state index contributed by atoms with van der Waals surface area (Å²) in [5.41, 5.74) is 1.58. The van der Waals surface area contributed by atoms with Gasteiger partial charge < -0.3 is 14.2 Å². The third-order valence-corrected chi connectivity index (χ3v) is 6.09. The van der Waals surface area contributed by atoms with Gasteiger partial charge in [0.2, 0.25) is 5.91 Å². The Balaban J connectivity index is 1.35. The fraction of sp³-hybridized carbons (Fsp3) is 0.412. The summed E-state index contributed by atoms with van der Waals surface area (Å²) in [4.78, 5) is 20.7. The molecule has 1 saturated heterocycles. The maximum atomic E-state index is 12.4. The highest BCUT2D eigenvalue weighted by molar-refractivity contribution is 7.94. The standard InChI is InChI=1S/C17H19N3O4S/c21-16(11-13-5-10-25(22,23)12-13)19-6-8-20(9-7-19)17-18-14-3-1-2-4-15(14)24-17/h1-5,10,13H,6-9,11-12H2/t13-/m1/s1. The zero-order chi connectivity index (χ0) is 17.4. The minimum atomic E-state index is -3.11. The van der Waals surface area contributed by atoms with E-state index in [1.807, 2.05) is 29.2 Å². The third-order valence-electron chi connectivity index (χ3n) is 4.63. The van der Waals surface area contributed by atoms with Crippen molar-refractivity contribution < 1.29 is 17.6 Å². The molecule has 132 valence electrons. The van der Waals surface area contributed by atoms with Crippen molar-refractivity contribution in [2.45, 2.75) is 6.42 Å². The van der Waals surface area contributed by atoms with E-state index in [-0.39, 0.29) is 24.0 Å². The number of carbonyl (C=O) groups is 1. The van der Waals surface area contributed by atoms with Gasteiger partial charge in [-0.15, -0.1) is 0 Å². The molecular formula is C17H19N3O4S. The molecule has 2 aliphatic rings. The molecule has 1 amide bonds. The van der Waals surface area contributed by atoms with Crippen molar-refractivity contribution in [3.63, 3.8) is 0 Å². The number of allylic oxidation sites excluding steroid dienone is 1. The summed E-state index contributed by atoms with van der Waals surface area (Å²) in [7, 11) is -3.11. The van der Waals surface area contributed by atoms with Crippen molar-refractivity contribution in [3.05, 3.63) is 35.7 Å². The van der Waals surface area contributed by atoms with Crippen molar-refractivity contribution in [3.8, 4) is 0 Å². The molecule has 2 aliphatic heterocycles. The summed E-state index contributed by atoms with van der Waals surface area (Å²) in [6, 6.07) is 8.20. The first-order valence-electron chi connectivity index (χ1n) is 8.29. The number of hydrogen-bond acceptors (Lipinski definition) is 6. The third kappa shape index (κ3) is 3.39. The number of aromatic nitrogens is 1. The zero-order valence-electron chi connectivity index (χ0n) is 13.7. The first-order valence-corrected chi connectivity index (χ1v) is 10.0. The van der Waals surface area contributed by atoms with Gasteiger partial charge >= 0.3 is 0 Å². The van der Waals surface area contributed by atoms with Gasteiger partial charge in [-0.3, -0.25) is 4.79 Å². The number of rotatable bonds is 3. The second-order valence-corrected chi connectivity index (χ2v) is 8.39. The largest absolute Gasteiger partial charge is 0.423 e. The van der Waals surface area contributed by atoms with Gasteiger partial charge in [0.25, 0.3) is 6.01 Å². The minimum Gasteiger partial charge on any atom is -0.423 e. The molecular weight excluding hydrogens is 342 g/mol. The van der Waals surface area contributed by atoms with Crippen LogP contribution in [-0.2, 0) is 14.6 Å². The van der Waals surface area contributed by atoms with Crippen LogP contribution in [0.1, 0.15) is 6.42 Å². The predicted octanol–water partition coefficient (Wildman–Crippen LogP) is 1.42. The van der Waals surface area contributed by atoms with Crippen molar-refractivity contribution in [1.29, 1.82) is 0 Å². The molecule has 3 heterocycles. The van der Waals surface area contributed by atoms with Gasteiger partial charge in [0.05, 0.1) is 5.75 Å². The minimum absolute atomic E-state index is 0.00367. The number of hydrogen-bond donors (Lipinski definition) is 0. The number of nitrogens with zero attached hydrogens (tertiary/aromatic N) is 3. The topological polar surface area (TPSA) is 83.7 Å². The van der Waals surface area contributed by atoms with Crippen molar-refractivity contribution >= 4 is 32.9 Å². The molecule has 25 heavy (non-hydrogen) atoms. The van der Waals surface area contributed by atoms with E-state index >= 15 is 0 Å². The lowest BCUT2D eigenvalue weighted by atomic mass is 10.1. The van der Waals surface area contributed by atoms with Crippen LogP contribution in [0.2, 0.25) is 0 Å².